The Bertz CT molecular complexity index is 3240. The van der Waals surface area contributed by atoms with E-state index in [2.05, 4.69) is 134 Å². The molecule has 0 aliphatic heterocycles. The summed E-state index contributed by atoms with van der Waals surface area (Å²) in [5.74, 6) is 3.25. The molecule has 9 heteroatoms. The van der Waals surface area contributed by atoms with Gasteiger partial charge in [0.15, 0.2) is 0 Å². The molecule has 308 valence electrons. The van der Waals surface area contributed by atoms with Crippen molar-refractivity contribution in [1.29, 1.82) is 0 Å². The van der Waals surface area contributed by atoms with Crippen molar-refractivity contribution in [3.8, 4) is 11.5 Å². The zero-order valence-corrected chi connectivity index (χ0v) is 38.8. The molecule has 63 heavy (non-hydrogen) atoms. The Labute approximate surface area is 389 Å². The molecule has 0 radical (unpaired) electrons. The summed E-state index contributed by atoms with van der Waals surface area (Å²) in [6, 6.07) is 58.3. The van der Waals surface area contributed by atoms with Crippen molar-refractivity contribution in [2.24, 2.45) is 5.41 Å². The van der Waals surface area contributed by atoms with Gasteiger partial charge in [-0.1, -0.05) is 122 Å². The van der Waals surface area contributed by atoms with Crippen molar-refractivity contribution < 1.29 is 14.3 Å². The number of ether oxygens (including phenoxy) is 2. The molecule has 0 unspecified atom stereocenters. The van der Waals surface area contributed by atoms with Gasteiger partial charge in [-0.2, -0.15) is 0 Å². The molecule has 0 N–H and O–H groups in total. The third-order valence-electron chi connectivity index (χ3n) is 11.5. The molecule has 0 aliphatic rings. The summed E-state index contributed by atoms with van der Waals surface area (Å²) in [5, 5.41) is 9.56. The van der Waals surface area contributed by atoms with Gasteiger partial charge < -0.3 is 9.47 Å². The van der Waals surface area contributed by atoms with Crippen molar-refractivity contribution in [2.75, 3.05) is 23.9 Å². The molecule has 3 nitrogen and oxygen atoms in total. The molecule has 8 aromatic carbocycles. The quantitative estimate of drug-likeness (QED) is 0.0468. The topological polar surface area (TPSA) is 35.5 Å². The van der Waals surface area contributed by atoms with Crippen molar-refractivity contribution in [3.05, 3.63) is 176 Å². The van der Waals surface area contributed by atoms with Crippen LogP contribution in [0.5, 0.6) is 11.5 Å². The first-order chi connectivity index (χ1) is 31.0. The highest BCUT2D eigenvalue weighted by Crippen LogP contribution is 2.48. The lowest BCUT2D eigenvalue weighted by atomic mass is 9.97. The summed E-state index contributed by atoms with van der Waals surface area (Å²) < 4.78 is 20.8. The molecule has 0 saturated carbocycles. The Morgan fingerprint density at radius 2 is 0.825 bits per heavy atom. The molecule has 0 saturated heterocycles. The van der Waals surface area contributed by atoms with E-state index in [0.717, 1.165) is 33.8 Å². The van der Waals surface area contributed by atoms with Gasteiger partial charge >= 0.3 is 5.97 Å². The molecule has 0 fully saturated rings. The zero-order chi connectivity index (χ0) is 42.3. The fourth-order valence-corrected chi connectivity index (χ4v) is 16.4. The van der Waals surface area contributed by atoms with E-state index in [1.807, 2.05) is 106 Å². The molecule has 0 amide bonds. The smallest absolute Gasteiger partial charge is 0.335 e. The summed E-state index contributed by atoms with van der Waals surface area (Å²) in [6.45, 7) is 4.08. The third kappa shape index (κ3) is 7.79. The number of benzene rings is 8. The molecule has 3 heterocycles. The van der Waals surface area contributed by atoms with Gasteiger partial charge in [0.25, 0.3) is 0 Å². The lowest BCUT2D eigenvalue weighted by molar-refractivity contribution is -0.128. The van der Waals surface area contributed by atoms with Crippen LogP contribution in [0.4, 0.5) is 0 Å². The maximum absolute atomic E-state index is 12.4. The molecule has 11 aromatic rings. The van der Waals surface area contributed by atoms with Crippen LogP contribution in [0.15, 0.2) is 191 Å². The van der Waals surface area contributed by atoms with E-state index in [4.69, 9.17) is 9.47 Å². The fourth-order valence-electron chi connectivity index (χ4n) is 8.29. The van der Waals surface area contributed by atoms with Crippen molar-refractivity contribution >= 4 is 147 Å². The van der Waals surface area contributed by atoms with Crippen LogP contribution in [-0.2, 0) is 4.79 Å². The second-order valence-electron chi connectivity index (χ2n) is 15.6. The lowest BCUT2D eigenvalue weighted by Gasteiger charge is -2.33. The number of thiophene rings is 3. The predicted octanol–water partition coefficient (Wildman–Crippen LogP) is 16.8. The molecule has 0 aliphatic carbocycles. The van der Waals surface area contributed by atoms with E-state index in [1.165, 1.54) is 81.3 Å². The van der Waals surface area contributed by atoms with E-state index in [-0.39, 0.29) is 5.41 Å². The second-order valence-corrected chi connectivity index (χ2v) is 21.8. The summed E-state index contributed by atoms with van der Waals surface area (Å²) in [5.41, 5.74) is -0.328. The van der Waals surface area contributed by atoms with Crippen LogP contribution in [0.2, 0.25) is 0 Å². The monoisotopic (exact) mass is 926 g/mol. The van der Waals surface area contributed by atoms with E-state index in [1.54, 1.807) is 0 Å². The van der Waals surface area contributed by atoms with Gasteiger partial charge in [-0.3, -0.25) is 0 Å². The number of carbonyl (C=O) groups is 1. The number of fused-ring (bicyclic) bond motifs is 10. The van der Waals surface area contributed by atoms with Crippen molar-refractivity contribution in [2.45, 2.75) is 14.7 Å². The molecular weight excluding hydrogens is 889 g/mol. The minimum Gasteiger partial charge on any atom is -0.492 e. The molecule has 3 aromatic heterocycles. The summed E-state index contributed by atoms with van der Waals surface area (Å²) in [4.78, 5) is 16.2. The van der Waals surface area contributed by atoms with Crippen LogP contribution in [0.3, 0.4) is 0 Å². The molecule has 0 atom stereocenters. The fraction of sp³-hybridized carbons (Fsp3) is 0.0926. The van der Waals surface area contributed by atoms with Gasteiger partial charge in [-0.15, -0.1) is 69.3 Å². The maximum atomic E-state index is 12.4. The minimum atomic E-state index is -0.491. The Hall–Kier alpha value is -5.26. The maximum Gasteiger partial charge on any atom is 0.335 e. The minimum absolute atomic E-state index is 0.328. The number of hydrogen-bond acceptors (Lipinski definition) is 9. The Morgan fingerprint density at radius 1 is 0.460 bits per heavy atom. The van der Waals surface area contributed by atoms with E-state index >= 15 is 0 Å². The number of carbonyl (C=O) groups excluding carboxylic acids is 1. The first-order valence-electron chi connectivity index (χ1n) is 20.6. The van der Waals surface area contributed by atoms with Gasteiger partial charge in [0.1, 0.15) is 11.5 Å². The molecule has 0 bridgehead atoms. The highest BCUT2D eigenvalue weighted by Gasteiger charge is 2.34. The zero-order valence-electron chi connectivity index (χ0n) is 33.9. The lowest BCUT2D eigenvalue weighted by Crippen LogP contribution is -2.37. The van der Waals surface area contributed by atoms with E-state index in [0.29, 0.717) is 12.4 Å². The SMILES string of the molecule is C=CC(=O)Oc1ccc(OCC(CSc2cccc3c2sc2ccccc23)(CSc2cccc3c2sc2ccccc23)CSc2cccc3c2sc2ccccc23)c2ccccc12. The van der Waals surface area contributed by atoms with Crippen LogP contribution in [0.1, 0.15) is 0 Å². The average molecular weight is 927 g/mol. The summed E-state index contributed by atoms with van der Waals surface area (Å²) in [7, 11) is 0. The number of esters is 1. The van der Waals surface area contributed by atoms with Crippen LogP contribution in [0, 0.1) is 5.41 Å². The summed E-state index contributed by atoms with van der Waals surface area (Å²) >= 11 is 11.5. The van der Waals surface area contributed by atoms with Gasteiger partial charge in [-0.05, 0) is 48.5 Å². The Kier molecular flexibility index (Phi) is 11.2. The van der Waals surface area contributed by atoms with Gasteiger partial charge in [0.05, 0.1) is 6.61 Å². The number of hydrogen-bond donors (Lipinski definition) is 0. The third-order valence-corrected chi connectivity index (χ3v) is 19.7. The van der Waals surface area contributed by atoms with E-state index in [9.17, 15) is 4.79 Å². The predicted molar refractivity (Wildman–Crippen MR) is 278 cm³/mol. The second kappa shape index (κ2) is 17.4. The first kappa shape index (κ1) is 40.5. The standard InChI is InChI=1S/C54H38O3S6/c1-2-50(55)57-43-29-28-42(34-14-3-4-15-35(34)43)56-30-54(31-58-47-25-11-19-39-36-16-5-8-22-44(36)61-51(39)47,32-59-48-26-12-20-40-37-17-6-9-23-45(37)62-52(40)48)33-60-49-27-13-21-41-38-18-7-10-24-46(38)63-53(41)49/h2-29H,1,30-33H2. The van der Waals surface area contributed by atoms with Crippen LogP contribution >= 0.6 is 69.3 Å². The highest BCUT2D eigenvalue weighted by atomic mass is 32.2. The van der Waals surface area contributed by atoms with Crippen LogP contribution in [0.25, 0.3) is 71.3 Å². The van der Waals surface area contributed by atoms with Gasteiger partial charge in [-0.25, -0.2) is 4.79 Å². The molecule has 0 spiro atoms. The number of rotatable bonds is 14. The van der Waals surface area contributed by atoms with E-state index < -0.39 is 5.97 Å². The van der Waals surface area contributed by atoms with Crippen molar-refractivity contribution in [3.63, 3.8) is 0 Å². The van der Waals surface area contributed by atoms with Gasteiger partial charge in [0.2, 0.25) is 0 Å². The Morgan fingerprint density at radius 3 is 1.25 bits per heavy atom. The van der Waals surface area contributed by atoms with Crippen molar-refractivity contribution in [1.82, 2.24) is 0 Å². The van der Waals surface area contributed by atoms with Gasteiger partial charge in [0, 0.05) is 115 Å². The normalized spacial score (nSPS) is 12.1. The van der Waals surface area contributed by atoms with Crippen LogP contribution < -0.4 is 9.47 Å². The Balaban J connectivity index is 1.02. The first-order valence-corrected chi connectivity index (χ1v) is 26.0. The highest BCUT2D eigenvalue weighted by molar-refractivity contribution is 8.01. The molecular formula is C54H38O3S6. The average Bonchev–Trinajstić information content (AvgIpc) is 4.04. The largest absolute Gasteiger partial charge is 0.492 e. The summed E-state index contributed by atoms with van der Waals surface area (Å²) in [6.07, 6.45) is 1.19. The van der Waals surface area contributed by atoms with Crippen LogP contribution in [-0.4, -0.2) is 29.8 Å². The molecule has 11 rings (SSSR count). The number of thioether (sulfide) groups is 3.